The maximum absolute atomic E-state index is 14.1. The molecule has 0 aromatic heterocycles. The normalized spacial score (nSPS) is 12.2. The van der Waals surface area contributed by atoms with Crippen LogP contribution in [0.25, 0.3) is 0 Å². The van der Waals surface area contributed by atoms with Crippen molar-refractivity contribution in [1.29, 1.82) is 0 Å². The fourth-order valence-corrected chi connectivity index (χ4v) is 6.16. The molecule has 3 rings (SSSR count). The Balaban J connectivity index is 2.09. The van der Waals surface area contributed by atoms with E-state index in [1.165, 1.54) is 29.2 Å². The summed E-state index contributed by atoms with van der Waals surface area (Å²) in [6.07, 6.45) is 0.295. The Kier molecular flexibility index (Phi) is 11.3. The Bertz CT molecular complexity index is 1440. The van der Waals surface area contributed by atoms with E-state index in [1.54, 1.807) is 55.5 Å². The molecule has 0 heterocycles. The summed E-state index contributed by atoms with van der Waals surface area (Å²) in [7, 11) is -4.26. The van der Waals surface area contributed by atoms with Crippen LogP contribution in [0.5, 0.6) is 0 Å². The summed E-state index contributed by atoms with van der Waals surface area (Å²) in [5, 5.41) is 3.43. The van der Waals surface area contributed by atoms with Gasteiger partial charge < -0.3 is 10.2 Å². The molecule has 0 fully saturated rings. The molecule has 0 unspecified atom stereocenters. The maximum atomic E-state index is 14.1. The number of anilines is 1. The predicted molar refractivity (Wildman–Crippen MR) is 161 cm³/mol. The molecule has 0 spiro atoms. The second-order valence-corrected chi connectivity index (χ2v) is 12.6. The van der Waals surface area contributed by atoms with Crippen LogP contribution >= 0.6 is 34.8 Å². The van der Waals surface area contributed by atoms with Gasteiger partial charge in [0.05, 0.1) is 20.6 Å². The molecular weight excluding hydrogens is 593 g/mol. The van der Waals surface area contributed by atoms with E-state index in [-0.39, 0.29) is 39.0 Å². The number of nitrogens with one attached hydrogen (secondary N) is 1. The molecule has 0 aliphatic rings. The summed E-state index contributed by atoms with van der Waals surface area (Å²) in [5.41, 5.74) is 0.659. The average molecular weight is 625 g/mol. The Morgan fingerprint density at radius 1 is 0.875 bits per heavy atom. The lowest BCUT2D eigenvalue weighted by atomic mass is 10.1. The molecule has 3 aromatic carbocycles. The van der Waals surface area contributed by atoms with E-state index in [0.29, 0.717) is 23.6 Å². The number of benzene rings is 3. The van der Waals surface area contributed by atoms with Gasteiger partial charge >= 0.3 is 0 Å². The zero-order valence-electron chi connectivity index (χ0n) is 22.5. The second-order valence-electron chi connectivity index (χ2n) is 9.57. The van der Waals surface area contributed by atoms with Crippen LogP contribution in [0.3, 0.4) is 0 Å². The molecule has 0 bridgehead atoms. The van der Waals surface area contributed by atoms with Crippen molar-refractivity contribution in [3.8, 4) is 0 Å². The number of halogens is 3. The van der Waals surface area contributed by atoms with Gasteiger partial charge in [0.25, 0.3) is 10.0 Å². The quantitative estimate of drug-likeness (QED) is 0.252. The molecule has 0 saturated carbocycles. The first kappa shape index (κ1) is 31.7. The third kappa shape index (κ3) is 7.69. The fourth-order valence-electron chi connectivity index (χ4n) is 4.07. The van der Waals surface area contributed by atoms with Gasteiger partial charge in [0.2, 0.25) is 11.8 Å². The van der Waals surface area contributed by atoms with Crippen LogP contribution in [0.15, 0.2) is 77.7 Å². The summed E-state index contributed by atoms with van der Waals surface area (Å²) in [4.78, 5) is 28.7. The molecular formula is C29H32Cl3N3O4S. The molecule has 11 heteroatoms. The van der Waals surface area contributed by atoms with E-state index < -0.39 is 28.5 Å². The molecule has 0 aliphatic carbocycles. The van der Waals surface area contributed by atoms with E-state index in [9.17, 15) is 18.0 Å². The Labute approximate surface area is 251 Å². The van der Waals surface area contributed by atoms with Crippen molar-refractivity contribution < 1.29 is 18.0 Å². The first-order valence-electron chi connectivity index (χ1n) is 12.8. The molecule has 1 N–H and O–H groups in total. The minimum atomic E-state index is -4.26. The second kappa shape index (κ2) is 14.2. The standard InChI is InChI=1S/C29H32Cl3N3O4S/c1-4-25(29(37)33-17-20(2)3)34(18-21-11-8-9-14-23(21)30)27(36)19-35(26-16-10-15-24(31)28(26)32)40(38,39)22-12-6-5-7-13-22/h5-16,20,25H,4,17-19H2,1-3H3,(H,33,37)/t25-/m0/s1. The highest BCUT2D eigenvalue weighted by molar-refractivity contribution is 7.92. The molecule has 1 atom stereocenters. The smallest absolute Gasteiger partial charge is 0.264 e. The third-order valence-corrected chi connectivity index (χ3v) is 9.13. The lowest BCUT2D eigenvalue weighted by molar-refractivity contribution is -0.140. The number of sulfonamides is 1. The highest BCUT2D eigenvalue weighted by atomic mass is 35.5. The van der Waals surface area contributed by atoms with Gasteiger partial charge in [-0.05, 0) is 48.2 Å². The zero-order valence-corrected chi connectivity index (χ0v) is 25.6. The van der Waals surface area contributed by atoms with Gasteiger partial charge in [-0.2, -0.15) is 0 Å². The Hall–Kier alpha value is -2.78. The molecule has 0 radical (unpaired) electrons. The monoisotopic (exact) mass is 623 g/mol. The molecule has 0 saturated heterocycles. The van der Waals surface area contributed by atoms with Gasteiger partial charge in [-0.15, -0.1) is 0 Å². The molecule has 2 amide bonds. The third-order valence-electron chi connectivity index (χ3n) is 6.18. The van der Waals surface area contributed by atoms with Gasteiger partial charge in [0, 0.05) is 18.1 Å². The van der Waals surface area contributed by atoms with Crippen molar-refractivity contribution in [3.63, 3.8) is 0 Å². The molecule has 214 valence electrons. The molecule has 0 aliphatic heterocycles. The maximum Gasteiger partial charge on any atom is 0.264 e. The summed E-state index contributed by atoms with van der Waals surface area (Å²) in [5.74, 6) is -0.748. The number of carbonyl (C=O) groups is 2. The van der Waals surface area contributed by atoms with Crippen molar-refractivity contribution in [3.05, 3.63) is 93.4 Å². The van der Waals surface area contributed by atoms with Crippen molar-refractivity contribution >= 4 is 62.3 Å². The van der Waals surface area contributed by atoms with Crippen LogP contribution in [0.1, 0.15) is 32.8 Å². The SMILES string of the molecule is CC[C@@H](C(=O)NCC(C)C)N(Cc1ccccc1Cl)C(=O)CN(c1cccc(Cl)c1Cl)S(=O)(=O)c1ccccc1. The highest BCUT2D eigenvalue weighted by Crippen LogP contribution is 2.35. The largest absolute Gasteiger partial charge is 0.354 e. The average Bonchev–Trinajstić information content (AvgIpc) is 2.93. The highest BCUT2D eigenvalue weighted by Gasteiger charge is 2.34. The van der Waals surface area contributed by atoms with Crippen LogP contribution in [-0.4, -0.2) is 44.3 Å². The number of nitrogens with zero attached hydrogens (tertiary/aromatic N) is 2. The summed E-state index contributed by atoms with van der Waals surface area (Å²) in [6, 6.07) is 18.4. The van der Waals surface area contributed by atoms with Gasteiger partial charge in [-0.25, -0.2) is 8.42 Å². The minimum absolute atomic E-state index is 0.00534. The van der Waals surface area contributed by atoms with Crippen LogP contribution in [0.2, 0.25) is 15.1 Å². The Morgan fingerprint density at radius 2 is 1.50 bits per heavy atom. The summed E-state index contributed by atoms with van der Waals surface area (Å²) >= 11 is 19.1. The van der Waals surface area contributed by atoms with Gasteiger partial charge in [-0.3, -0.25) is 13.9 Å². The van der Waals surface area contributed by atoms with Crippen molar-refractivity contribution in [2.75, 3.05) is 17.4 Å². The van der Waals surface area contributed by atoms with E-state index in [0.717, 1.165) is 4.31 Å². The number of amides is 2. The predicted octanol–water partition coefficient (Wildman–Crippen LogP) is 6.42. The van der Waals surface area contributed by atoms with E-state index in [2.05, 4.69) is 5.32 Å². The number of hydrogen-bond donors (Lipinski definition) is 1. The Morgan fingerprint density at radius 3 is 2.12 bits per heavy atom. The first-order chi connectivity index (χ1) is 19.0. The molecule has 7 nitrogen and oxygen atoms in total. The van der Waals surface area contributed by atoms with Crippen LogP contribution < -0.4 is 9.62 Å². The lowest BCUT2D eigenvalue weighted by Crippen LogP contribution is -2.52. The molecule has 40 heavy (non-hydrogen) atoms. The zero-order chi connectivity index (χ0) is 29.4. The lowest BCUT2D eigenvalue weighted by Gasteiger charge is -2.33. The van der Waals surface area contributed by atoms with E-state index in [1.807, 2.05) is 13.8 Å². The topological polar surface area (TPSA) is 86.8 Å². The summed E-state index contributed by atoms with van der Waals surface area (Å²) < 4.78 is 28.7. The van der Waals surface area contributed by atoms with Crippen molar-refractivity contribution in [1.82, 2.24) is 10.2 Å². The minimum Gasteiger partial charge on any atom is -0.354 e. The van der Waals surface area contributed by atoms with Crippen LogP contribution in [-0.2, 0) is 26.2 Å². The van der Waals surface area contributed by atoms with E-state index in [4.69, 9.17) is 34.8 Å². The van der Waals surface area contributed by atoms with E-state index >= 15 is 0 Å². The fraction of sp³-hybridized carbons (Fsp3) is 0.310. The number of carbonyl (C=O) groups excluding carboxylic acids is 2. The van der Waals surface area contributed by atoms with Crippen LogP contribution in [0.4, 0.5) is 5.69 Å². The summed E-state index contributed by atoms with van der Waals surface area (Å²) in [6.45, 7) is 5.52. The van der Waals surface area contributed by atoms with Gasteiger partial charge in [-0.1, -0.05) is 98.0 Å². The first-order valence-corrected chi connectivity index (χ1v) is 15.4. The number of hydrogen-bond acceptors (Lipinski definition) is 4. The van der Waals surface area contributed by atoms with Crippen molar-refractivity contribution in [2.24, 2.45) is 5.92 Å². The van der Waals surface area contributed by atoms with Crippen LogP contribution in [0, 0.1) is 5.92 Å². The van der Waals surface area contributed by atoms with Crippen molar-refractivity contribution in [2.45, 2.75) is 44.7 Å². The van der Waals surface area contributed by atoms with Gasteiger partial charge in [0.1, 0.15) is 12.6 Å². The molecule has 3 aromatic rings. The number of rotatable bonds is 12. The van der Waals surface area contributed by atoms with Gasteiger partial charge in [0.15, 0.2) is 0 Å².